The Morgan fingerprint density at radius 1 is 1.21 bits per heavy atom. The Balaban J connectivity index is 1.97. The second kappa shape index (κ2) is 7.00. The zero-order valence-corrected chi connectivity index (χ0v) is 15.2. The third-order valence-corrected chi connectivity index (χ3v) is 4.58. The summed E-state index contributed by atoms with van der Waals surface area (Å²) in [6.07, 6.45) is 0. The number of aliphatic imine (C=N–C) groups is 1. The second-order valence-corrected chi connectivity index (χ2v) is 6.22. The van der Waals surface area contributed by atoms with Gasteiger partial charge in [-0.05, 0) is 24.6 Å². The molecule has 2 aromatic rings. The summed E-state index contributed by atoms with van der Waals surface area (Å²) < 4.78 is 5.23. The number of rotatable bonds is 3. The van der Waals surface area contributed by atoms with Gasteiger partial charge in [-0.15, -0.1) is 0 Å². The van der Waals surface area contributed by atoms with Crippen LogP contribution in [0.4, 0.5) is 5.69 Å². The first-order valence-corrected chi connectivity index (χ1v) is 8.84. The molecule has 2 aromatic carbocycles. The number of para-hydroxylation sites is 1. The van der Waals surface area contributed by atoms with Crippen molar-refractivity contribution in [3.05, 3.63) is 77.1 Å². The van der Waals surface area contributed by atoms with Crippen molar-refractivity contribution in [1.82, 2.24) is 0 Å². The molecule has 2 aliphatic rings. The first-order chi connectivity index (χ1) is 13.7. The van der Waals surface area contributed by atoms with Crippen LogP contribution in [0.25, 0.3) is 0 Å². The molecule has 0 spiro atoms. The maximum absolute atomic E-state index is 12.7. The third-order valence-electron chi connectivity index (χ3n) is 4.58. The number of ether oxygens (including phenoxy) is 1. The Morgan fingerprint density at radius 2 is 1.93 bits per heavy atom. The van der Waals surface area contributed by atoms with E-state index in [0.29, 0.717) is 28.5 Å². The number of hydrogen-bond acceptors (Lipinski definition) is 7. The third kappa shape index (κ3) is 2.72. The van der Waals surface area contributed by atoms with Crippen molar-refractivity contribution in [2.24, 2.45) is 15.8 Å². The monoisotopic (exact) mass is 371 g/mol. The van der Waals surface area contributed by atoms with E-state index in [1.807, 2.05) is 54.6 Å². The lowest BCUT2D eigenvalue weighted by atomic mass is 9.85. The number of benzene rings is 2. The number of hydrogen-bond donors (Lipinski definition) is 1. The first kappa shape index (κ1) is 17.5. The number of fused-ring (bicyclic) bond motifs is 3. The van der Waals surface area contributed by atoms with Gasteiger partial charge in [-0.25, -0.2) is 14.8 Å². The van der Waals surface area contributed by atoms with E-state index in [4.69, 9.17) is 10.5 Å². The van der Waals surface area contributed by atoms with Crippen molar-refractivity contribution in [1.29, 1.82) is 5.26 Å². The predicted octanol–water partition coefficient (Wildman–Crippen LogP) is 2.66. The quantitative estimate of drug-likeness (QED) is 0.835. The van der Waals surface area contributed by atoms with E-state index >= 15 is 0 Å². The largest absolute Gasteiger partial charge is 0.461 e. The van der Waals surface area contributed by atoms with Crippen molar-refractivity contribution in [3.63, 3.8) is 0 Å². The summed E-state index contributed by atoms with van der Waals surface area (Å²) in [5.74, 6) is -0.627. The van der Waals surface area contributed by atoms with Gasteiger partial charge in [-0.1, -0.05) is 42.5 Å². The van der Waals surface area contributed by atoms with Gasteiger partial charge < -0.3 is 10.5 Å². The van der Waals surface area contributed by atoms with Gasteiger partial charge >= 0.3 is 5.97 Å². The van der Waals surface area contributed by atoms with Crippen LogP contribution in [0.5, 0.6) is 0 Å². The zero-order chi connectivity index (χ0) is 19.7. The highest BCUT2D eigenvalue weighted by atomic mass is 16.5. The lowest BCUT2D eigenvalue weighted by molar-refractivity contribution is -0.135. The number of anilines is 1. The Bertz CT molecular complexity index is 1080. The van der Waals surface area contributed by atoms with Gasteiger partial charge in [0.25, 0.3) is 0 Å². The number of carbonyl (C=O) groups is 1. The molecule has 7 nitrogen and oxygen atoms in total. The SMILES string of the molecule is CCOC(=O)C1=NN2C(=C(C#N)C1c1ccccc1)N=C(N)c1ccccc12. The Labute approximate surface area is 162 Å². The summed E-state index contributed by atoms with van der Waals surface area (Å²) in [5, 5.41) is 16.0. The molecule has 0 saturated heterocycles. The molecule has 0 aromatic heterocycles. The summed E-state index contributed by atoms with van der Waals surface area (Å²) in [4.78, 5) is 17.2. The number of nitrogens with zero attached hydrogens (tertiary/aromatic N) is 4. The van der Waals surface area contributed by atoms with Crippen LogP contribution in [0.1, 0.15) is 24.0 Å². The molecule has 2 N–H and O–H groups in total. The van der Waals surface area contributed by atoms with Crippen LogP contribution in [0.3, 0.4) is 0 Å². The number of esters is 1. The Kier molecular flexibility index (Phi) is 4.38. The maximum atomic E-state index is 12.7. The number of nitrogens with two attached hydrogens (primary N) is 1. The fourth-order valence-corrected chi connectivity index (χ4v) is 3.37. The topological polar surface area (TPSA) is 104 Å². The smallest absolute Gasteiger partial charge is 0.355 e. The molecule has 0 radical (unpaired) electrons. The van der Waals surface area contributed by atoms with E-state index in [-0.39, 0.29) is 12.3 Å². The lowest BCUT2D eigenvalue weighted by Gasteiger charge is -2.33. The van der Waals surface area contributed by atoms with Crippen molar-refractivity contribution in [2.75, 3.05) is 11.6 Å². The van der Waals surface area contributed by atoms with E-state index in [9.17, 15) is 10.1 Å². The molecule has 7 heteroatoms. The lowest BCUT2D eigenvalue weighted by Crippen LogP contribution is -2.38. The average Bonchev–Trinajstić information content (AvgIpc) is 2.73. The molecule has 0 bridgehead atoms. The maximum Gasteiger partial charge on any atom is 0.355 e. The van der Waals surface area contributed by atoms with Crippen LogP contribution in [0.2, 0.25) is 0 Å². The molecule has 2 heterocycles. The first-order valence-electron chi connectivity index (χ1n) is 8.84. The van der Waals surface area contributed by atoms with E-state index in [1.165, 1.54) is 5.01 Å². The minimum absolute atomic E-state index is 0.138. The predicted molar refractivity (Wildman–Crippen MR) is 106 cm³/mol. The molecule has 2 aliphatic heterocycles. The zero-order valence-electron chi connectivity index (χ0n) is 15.2. The highest BCUT2D eigenvalue weighted by Gasteiger charge is 2.40. The minimum Gasteiger partial charge on any atom is -0.461 e. The van der Waals surface area contributed by atoms with Gasteiger partial charge in [-0.3, -0.25) is 0 Å². The van der Waals surface area contributed by atoms with Crippen LogP contribution < -0.4 is 10.7 Å². The highest BCUT2D eigenvalue weighted by Crippen LogP contribution is 2.40. The average molecular weight is 371 g/mol. The number of hydrazone groups is 1. The molecular formula is C21H17N5O2. The molecule has 1 atom stereocenters. The number of allylic oxidation sites excluding steroid dienone is 1. The molecule has 138 valence electrons. The van der Waals surface area contributed by atoms with Crippen LogP contribution in [0, 0.1) is 11.3 Å². The normalized spacial score (nSPS) is 17.7. The van der Waals surface area contributed by atoms with E-state index in [2.05, 4.69) is 16.2 Å². The minimum atomic E-state index is -0.682. The fourth-order valence-electron chi connectivity index (χ4n) is 3.37. The van der Waals surface area contributed by atoms with Gasteiger partial charge in [0.1, 0.15) is 5.84 Å². The summed E-state index contributed by atoms with van der Waals surface area (Å²) in [6, 6.07) is 18.8. The van der Waals surface area contributed by atoms with Crippen molar-refractivity contribution < 1.29 is 9.53 Å². The Morgan fingerprint density at radius 3 is 2.64 bits per heavy atom. The van der Waals surface area contributed by atoms with Crippen LogP contribution in [-0.2, 0) is 9.53 Å². The summed E-state index contributed by atoms with van der Waals surface area (Å²) >= 11 is 0. The number of amidine groups is 1. The summed E-state index contributed by atoms with van der Waals surface area (Å²) in [6.45, 7) is 1.94. The van der Waals surface area contributed by atoms with Gasteiger partial charge in [0, 0.05) is 5.56 Å². The summed E-state index contributed by atoms with van der Waals surface area (Å²) in [5.41, 5.74) is 8.67. The molecule has 4 rings (SSSR count). The van der Waals surface area contributed by atoms with Crippen LogP contribution >= 0.6 is 0 Å². The molecule has 0 saturated carbocycles. The van der Waals surface area contributed by atoms with Crippen LogP contribution in [0.15, 0.2) is 76.1 Å². The molecule has 0 aliphatic carbocycles. The standard InChI is InChI=1S/C21H17N5O2/c1-2-28-21(27)18-17(13-8-4-3-5-9-13)15(12-22)20-24-19(23)14-10-6-7-11-16(14)26(20)25-18/h3-11,17H,2H2,1H3,(H2,23,24). The van der Waals surface area contributed by atoms with E-state index in [0.717, 1.165) is 5.56 Å². The van der Waals surface area contributed by atoms with E-state index < -0.39 is 11.9 Å². The van der Waals surface area contributed by atoms with Crippen LogP contribution in [-0.4, -0.2) is 24.1 Å². The number of nitriles is 1. The van der Waals surface area contributed by atoms with Gasteiger partial charge in [0.2, 0.25) is 0 Å². The second-order valence-electron chi connectivity index (χ2n) is 6.22. The van der Waals surface area contributed by atoms with Gasteiger partial charge in [0.05, 0.1) is 29.9 Å². The molecule has 1 unspecified atom stereocenters. The van der Waals surface area contributed by atoms with Crippen molar-refractivity contribution >= 4 is 23.2 Å². The van der Waals surface area contributed by atoms with Gasteiger partial charge in [-0.2, -0.15) is 10.4 Å². The summed E-state index contributed by atoms with van der Waals surface area (Å²) in [7, 11) is 0. The fraction of sp³-hybridized carbons (Fsp3) is 0.143. The molecule has 0 fully saturated rings. The van der Waals surface area contributed by atoms with Crippen molar-refractivity contribution in [2.45, 2.75) is 12.8 Å². The van der Waals surface area contributed by atoms with E-state index in [1.54, 1.807) is 6.92 Å². The highest BCUT2D eigenvalue weighted by molar-refractivity contribution is 6.40. The molecule has 28 heavy (non-hydrogen) atoms. The molecular weight excluding hydrogens is 354 g/mol. The Hall–Kier alpha value is -3.92. The molecule has 0 amide bonds. The van der Waals surface area contributed by atoms with Gasteiger partial charge in [0.15, 0.2) is 11.5 Å². The number of carbonyl (C=O) groups excluding carboxylic acids is 1. The van der Waals surface area contributed by atoms with Crippen molar-refractivity contribution in [3.8, 4) is 6.07 Å².